The van der Waals surface area contributed by atoms with Gasteiger partial charge in [-0.3, -0.25) is 0 Å². The first-order chi connectivity index (χ1) is 6.91. The maximum atomic E-state index is 11.9. The van der Waals surface area contributed by atoms with E-state index in [2.05, 4.69) is 36.6 Å². The van der Waals surface area contributed by atoms with Crippen LogP contribution >= 0.6 is 31.9 Å². The number of hydrogen-bond donors (Lipinski definition) is 1. The van der Waals surface area contributed by atoms with E-state index in [-0.39, 0.29) is 20.3 Å². The van der Waals surface area contributed by atoms with E-state index in [9.17, 15) is 13.6 Å². The lowest BCUT2D eigenvalue weighted by Gasteiger charge is -2.08. The molecule has 0 aromatic heterocycles. The van der Waals surface area contributed by atoms with Crippen molar-refractivity contribution in [2.24, 2.45) is 0 Å². The van der Waals surface area contributed by atoms with Crippen molar-refractivity contribution in [1.82, 2.24) is 0 Å². The first-order valence-corrected chi connectivity index (χ1v) is 5.17. The number of rotatable bonds is 3. The maximum absolute atomic E-state index is 11.9. The summed E-state index contributed by atoms with van der Waals surface area (Å²) in [5.74, 6) is -1.29. The van der Waals surface area contributed by atoms with Crippen LogP contribution in [0.5, 0.6) is 5.75 Å². The number of carboxylic acid groups (broad SMARTS) is 1. The molecule has 1 rings (SSSR count). The van der Waals surface area contributed by atoms with Crippen LogP contribution in [0, 0.1) is 0 Å². The van der Waals surface area contributed by atoms with Gasteiger partial charge in [0.2, 0.25) is 0 Å². The normalized spacial score (nSPS) is 10.5. The number of alkyl halides is 2. The molecule has 1 aromatic carbocycles. The molecule has 0 unspecified atom stereocenters. The van der Waals surface area contributed by atoms with Crippen molar-refractivity contribution < 1.29 is 23.4 Å². The largest absolute Gasteiger partial charge is 0.478 e. The molecular weight excluding hydrogens is 342 g/mol. The summed E-state index contributed by atoms with van der Waals surface area (Å²) < 4.78 is 28.2. The summed E-state index contributed by atoms with van der Waals surface area (Å²) in [5.41, 5.74) is -0.0448. The Kier molecular flexibility index (Phi) is 4.04. The Labute approximate surface area is 100 Å². The molecule has 1 aromatic rings. The lowest BCUT2D eigenvalue weighted by molar-refractivity contribution is -0.0499. The second-order valence-corrected chi connectivity index (χ2v) is 4.15. The average molecular weight is 346 g/mol. The summed E-state index contributed by atoms with van der Waals surface area (Å²) in [6, 6.07) is 2.33. The fourth-order valence-electron chi connectivity index (χ4n) is 0.925. The van der Waals surface area contributed by atoms with E-state index in [0.717, 1.165) is 0 Å². The van der Waals surface area contributed by atoms with Crippen molar-refractivity contribution >= 4 is 37.8 Å². The number of halogens is 4. The predicted molar refractivity (Wildman–Crippen MR) is 55.4 cm³/mol. The monoisotopic (exact) mass is 344 g/mol. The topological polar surface area (TPSA) is 46.5 Å². The van der Waals surface area contributed by atoms with Gasteiger partial charge in [-0.15, -0.1) is 0 Å². The van der Waals surface area contributed by atoms with Gasteiger partial charge in [0.15, 0.2) is 0 Å². The molecule has 0 amide bonds. The van der Waals surface area contributed by atoms with Crippen LogP contribution in [0.1, 0.15) is 10.4 Å². The second-order valence-electron chi connectivity index (χ2n) is 2.45. The van der Waals surface area contributed by atoms with Crippen molar-refractivity contribution in [1.29, 1.82) is 0 Å². The molecule has 15 heavy (non-hydrogen) atoms. The van der Waals surface area contributed by atoms with Gasteiger partial charge >= 0.3 is 12.6 Å². The zero-order valence-electron chi connectivity index (χ0n) is 7.01. The Hall–Kier alpha value is -0.690. The Balaban J connectivity index is 3.14. The quantitative estimate of drug-likeness (QED) is 0.911. The van der Waals surface area contributed by atoms with Crippen LogP contribution in [0.3, 0.4) is 0 Å². The van der Waals surface area contributed by atoms with Gasteiger partial charge in [0.05, 0.1) is 5.56 Å². The van der Waals surface area contributed by atoms with Crippen LogP contribution in [-0.4, -0.2) is 17.7 Å². The zero-order valence-corrected chi connectivity index (χ0v) is 10.2. The fraction of sp³-hybridized carbons (Fsp3) is 0.125. The van der Waals surface area contributed by atoms with Gasteiger partial charge < -0.3 is 9.84 Å². The fourth-order valence-corrected chi connectivity index (χ4v) is 2.41. The Morgan fingerprint density at radius 1 is 1.33 bits per heavy atom. The molecule has 0 saturated heterocycles. The highest BCUT2D eigenvalue weighted by Gasteiger charge is 2.16. The summed E-state index contributed by atoms with van der Waals surface area (Å²) in [4.78, 5) is 10.7. The number of hydrogen-bond acceptors (Lipinski definition) is 2. The number of ether oxygens (including phenoxy) is 1. The standard InChI is InChI=1S/C8H4Br2F2O3/c9-4-1-3(15-8(11)12)2-5(10)6(4)7(13)14/h1-2,8H,(H,13,14). The van der Waals surface area contributed by atoms with E-state index in [1.54, 1.807) is 0 Å². The summed E-state index contributed by atoms with van der Waals surface area (Å²) >= 11 is 5.91. The van der Waals surface area contributed by atoms with Gasteiger partial charge in [-0.1, -0.05) is 0 Å². The van der Waals surface area contributed by atoms with Gasteiger partial charge in [-0.25, -0.2) is 4.79 Å². The molecule has 0 atom stereocenters. The highest BCUT2D eigenvalue weighted by molar-refractivity contribution is 9.11. The van der Waals surface area contributed by atoms with Gasteiger partial charge in [-0.2, -0.15) is 8.78 Å². The Morgan fingerprint density at radius 2 is 1.80 bits per heavy atom. The number of carboxylic acids is 1. The second kappa shape index (κ2) is 4.89. The maximum Gasteiger partial charge on any atom is 0.387 e. The van der Waals surface area contributed by atoms with Crippen molar-refractivity contribution in [3.63, 3.8) is 0 Å². The molecule has 0 aliphatic heterocycles. The highest BCUT2D eigenvalue weighted by atomic mass is 79.9. The third-order valence-electron chi connectivity index (χ3n) is 1.45. The van der Waals surface area contributed by atoms with Crippen LogP contribution in [0.2, 0.25) is 0 Å². The summed E-state index contributed by atoms with van der Waals surface area (Å²) in [6.07, 6.45) is 0. The molecule has 7 heteroatoms. The molecule has 0 bridgehead atoms. The third-order valence-corrected chi connectivity index (χ3v) is 2.71. The summed E-state index contributed by atoms with van der Waals surface area (Å²) in [5, 5.41) is 8.77. The van der Waals surface area contributed by atoms with Crippen LogP contribution in [0.25, 0.3) is 0 Å². The van der Waals surface area contributed by atoms with Gasteiger partial charge in [0, 0.05) is 8.95 Å². The van der Waals surface area contributed by atoms with Crippen molar-refractivity contribution in [2.75, 3.05) is 0 Å². The average Bonchev–Trinajstić information content (AvgIpc) is 1.99. The molecule has 0 aliphatic carbocycles. The molecule has 0 saturated carbocycles. The number of aromatic carboxylic acids is 1. The molecule has 0 heterocycles. The molecule has 0 aliphatic rings. The lowest BCUT2D eigenvalue weighted by atomic mass is 10.2. The van der Waals surface area contributed by atoms with Crippen molar-refractivity contribution in [3.05, 3.63) is 26.6 Å². The highest BCUT2D eigenvalue weighted by Crippen LogP contribution is 2.31. The first-order valence-electron chi connectivity index (χ1n) is 3.59. The molecule has 82 valence electrons. The number of carbonyl (C=O) groups is 1. The van der Waals surface area contributed by atoms with Gasteiger partial charge in [0.1, 0.15) is 5.75 Å². The molecular formula is C8H4Br2F2O3. The zero-order chi connectivity index (χ0) is 11.6. The van der Waals surface area contributed by atoms with Crippen LogP contribution < -0.4 is 4.74 Å². The molecule has 0 spiro atoms. The first kappa shape index (κ1) is 12.4. The van der Waals surface area contributed by atoms with Crippen LogP contribution in [0.15, 0.2) is 21.1 Å². The van der Waals surface area contributed by atoms with Gasteiger partial charge in [-0.05, 0) is 44.0 Å². The third kappa shape index (κ3) is 3.13. The smallest absolute Gasteiger partial charge is 0.387 e. The lowest BCUT2D eigenvalue weighted by Crippen LogP contribution is -2.04. The van der Waals surface area contributed by atoms with E-state index in [1.807, 2.05) is 0 Å². The minimum Gasteiger partial charge on any atom is -0.478 e. The Bertz CT molecular complexity index is 372. The van der Waals surface area contributed by atoms with E-state index >= 15 is 0 Å². The minimum absolute atomic E-state index is 0.0448. The minimum atomic E-state index is -2.94. The van der Waals surface area contributed by atoms with Crippen LogP contribution in [-0.2, 0) is 0 Å². The van der Waals surface area contributed by atoms with Crippen molar-refractivity contribution in [2.45, 2.75) is 6.61 Å². The van der Waals surface area contributed by atoms with E-state index < -0.39 is 12.6 Å². The molecule has 3 nitrogen and oxygen atoms in total. The van der Waals surface area contributed by atoms with E-state index in [0.29, 0.717) is 0 Å². The van der Waals surface area contributed by atoms with E-state index in [4.69, 9.17) is 5.11 Å². The summed E-state index contributed by atoms with van der Waals surface area (Å²) in [7, 11) is 0. The van der Waals surface area contributed by atoms with Gasteiger partial charge in [0.25, 0.3) is 0 Å². The number of benzene rings is 1. The summed E-state index contributed by atoms with van der Waals surface area (Å²) in [6.45, 7) is -2.94. The van der Waals surface area contributed by atoms with Crippen LogP contribution in [0.4, 0.5) is 8.78 Å². The van der Waals surface area contributed by atoms with Crippen molar-refractivity contribution in [3.8, 4) is 5.75 Å². The molecule has 1 N–H and O–H groups in total. The Morgan fingerprint density at radius 3 is 2.13 bits per heavy atom. The predicted octanol–water partition coefficient (Wildman–Crippen LogP) is 3.51. The molecule has 0 fully saturated rings. The van der Waals surface area contributed by atoms with E-state index in [1.165, 1.54) is 12.1 Å². The SMILES string of the molecule is O=C(O)c1c(Br)cc(OC(F)F)cc1Br. The molecule has 0 radical (unpaired) electrons.